The van der Waals surface area contributed by atoms with Crippen LogP contribution in [-0.2, 0) is 4.74 Å². The molecule has 8 nitrogen and oxygen atoms in total. The summed E-state index contributed by atoms with van der Waals surface area (Å²) in [6.07, 6.45) is -4.99. The molecule has 1 aromatic rings. The maximum absolute atomic E-state index is 10.7. The minimum atomic E-state index is -1.40. The van der Waals surface area contributed by atoms with Crippen molar-refractivity contribution in [3.8, 4) is 5.75 Å². The average Bonchev–Trinajstić information content (AvgIpc) is 2.68. The molecule has 9 heteroatoms. The first-order valence-corrected chi connectivity index (χ1v) is 6.05. The molecule has 0 spiro atoms. The van der Waals surface area contributed by atoms with Gasteiger partial charge >= 0.3 is 0 Å². The van der Waals surface area contributed by atoms with Crippen LogP contribution in [0.1, 0.15) is 0 Å². The zero-order valence-corrected chi connectivity index (χ0v) is 10.8. The van der Waals surface area contributed by atoms with E-state index in [4.69, 9.17) is 26.2 Å². The lowest BCUT2D eigenvalue weighted by Crippen LogP contribution is -2.35. The SMILES string of the molecule is O=[N+]([O-])c1cccc(O[C@@H]2O[C@@H](CO)[C@H](O)[C@H]2O)c1Cl. The molecular weight excluding hydrogens is 294 g/mol. The highest BCUT2D eigenvalue weighted by Crippen LogP contribution is 2.35. The topological polar surface area (TPSA) is 122 Å². The number of benzene rings is 1. The molecule has 1 aliphatic heterocycles. The zero-order valence-electron chi connectivity index (χ0n) is 10.0. The third kappa shape index (κ3) is 2.69. The standard InChI is InChI=1S/C11H12ClNO7/c12-8-5(13(17)18)2-1-3-6(8)19-11-10(16)9(15)7(4-14)20-11/h1-3,7,9-11,14-16H,4H2/t7-,9-,10+,11+/m0/s1. The van der Waals surface area contributed by atoms with Crippen LogP contribution in [0.4, 0.5) is 5.69 Å². The fourth-order valence-electron chi connectivity index (χ4n) is 1.82. The van der Waals surface area contributed by atoms with Gasteiger partial charge in [0.05, 0.1) is 11.5 Å². The van der Waals surface area contributed by atoms with Gasteiger partial charge in [0.1, 0.15) is 24.1 Å². The van der Waals surface area contributed by atoms with E-state index in [1.807, 2.05) is 0 Å². The summed E-state index contributed by atoms with van der Waals surface area (Å²) in [5.41, 5.74) is -0.351. The van der Waals surface area contributed by atoms with Crippen molar-refractivity contribution in [1.82, 2.24) is 0 Å². The molecule has 1 heterocycles. The fourth-order valence-corrected chi connectivity index (χ4v) is 2.06. The highest BCUT2D eigenvalue weighted by molar-refractivity contribution is 6.34. The van der Waals surface area contributed by atoms with Crippen molar-refractivity contribution >= 4 is 17.3 Å². The number of nitrogens with zero attached hydrogens (tertiary/aromatic N) is 1. The number of nitro groups is 1. The van der Waals surface area contributed by atoms with Crippen molar-refractivity contribution in [1.29, 1.82) is 0 Å². The van der Waals surface area contributed by atoms with Gasteiger partial charge in [-0.15, -0.1) is 0 Å². The maximum atomic E-state index is 10.7. The number of nitro benzene ring substituents is 1. The zero-order chi connectivity index (χ0) is 14.9. The first-order chi connectivity index (χ1) is 9.45. The molecule has 4 atom stereocenters. The number of aliphatic hydroxyl groups excluding tert-OH is 3. The second kappa shape index (κ2) is 5.90. The molecule has 0 aromatic heterocycles. The van der Waals surface area contributed by atoms with Gasteiger partial charge in [0.25, 0.3) is 5.69 Å². The maximum Gasteiger partial charge on any atom is 0.291 e. The molecule has 1 aromatic carbocycles. The van der Waals surface area contributed by atoms with Crippen LogP contribution in [0.5, 0.6) is 5.75 Å². The number of hydrogen-bond acceptors (Lipinski definition) is 7. The van der Waals surface area contributed by atoms with Crippen LogP contribution in [0.3, 0.4) is 0 Å². The molecule has 20 heavy (non-hydrogen) atoms. The number of hydrogen-bond donors (Lipinski definition) is 3. The summed E-state index contributed by atoms with van der Waals surface area (Å²) in [4.78, 5) is 10.1. The summed E-state index contributed by atoms with van der Waals surface area (Å²) < 4.78 is 10.3. The van der Waals surface area contributed by atoms with Gasteiger partial charge in [-0.3, -0.25) is 10.1 Å². The molecule has 110 valence electrons. The van der Waals surface area contributed by atoms with Crippen molar-refractivity contribution in [2.24, 2.45) is 0 Å². The molecule has 0 bridgehead atoms. The van der Waals surface area contributed by atoms with E-state index in [-0.39, 0.29) is 16.5 Å². The third-order valence-corrected chi connectivity index (χ3v) is 3.26. The van der Waals surface area contributed by atoms with Gasteiger partial charge in [-0.1, -0.05) is 17.7 Å². The lowest BCUT2D eigenvalue weighted by atomic mass is 10.1. The van der Waals surface area contributed by atoms with E-state index < -0.39 is 36.1 Å². The Morgan fingerprint density at radius 3 is 2.65 bits per heavy atom. The lowest BCUT2D eigenvalue weighted by Gasteiger charge is -2.17. The Hall–Kier alpha value is -1.45. The molecule has 0 unspecified atom stereocenters. The molecule has 0 saturated carbocycles. The van der Waals surface area contributed by atoms with Crippen LogP contribution < -0.4 is 4.74 Å². The van der Waals surface area contributed by atoms with Gasteiger partial charge in [-0.2, -0.15) is 0 Å². The summed E-state index contributed by atoms with van der Waals surface area (Å²) in [5, 5.41) is 38.7. The van der Waals surface area contributed by atoms with E-state index in [9.17, 15) is 20.3 Å². The minimum absolute atomic E-state index is 0.0595. The highest BCUT2D eigenvalue weighted by atomic mass is 35.5. The monoisotopic (exact) mass is 305 g/mol. The molecule has 1 fully saturated rings. The molecule has 0 amide bonds. The van der Waals surface area contributed by atoms with Gasteiger partial charge in [0.15, 0.2) is 5.02 Å². The number of aliphatic hydroxyl groups is 3. The van der Waals surface area contributed by atoms with E-state index in [1.165, 1.54) is 18.2 Å². The molecule has 0 aliphatic carbocycles. The van der Waals surface area contributed by atoms with Crippen LogP contribution in [0.2, 0.25) is 5.02 Å². The molecule has 3 N–H and O–H groups in total. The van der Waals surface area contributed by atoms with Crippen molar-refractivity contribution in [2.75, 3.05) is 6.61 Å². The van der Waals surface area contributed by atoms with Gasteiger partial charge in [0.2, 0.25) is 6.29 Å². The Morgan fingerprint density at radius 1 is 1.40 bits per heavy atom. The number of ether oxygens (including phenoxy) is 2. The van der Waals surface area contributed by atoms with E-state index in [1.54, 1.807) is 0 Å². The summed E-state index contributed by atoms with van der Waals surface area (Å²) in [6, 6.07) is 3.93. The first-order valence-electron chi connectivity index (χ1n) is 5.67. The van der Waals surface area contributed by atoms with Gasteiger partial charge in [-0.05, 0) is 6.07 Å². The smallest absolute Gasteiger partial charge is 0.291 e. The second-order valence-electron chi connectivity index (χ2n) is 4.17. The van der Waals surface area contributed by atoms with Crippen molar-refractivity contribution < 1.29 is 29.7 Å². The Morgan fingerprint density at radius 2 is 2.10 bits per heavy atom. The molecule has 2 rings (SSSR count). The van der Waals surface area contributed by atoms with E-state index in [0.717, 1.165) is 0 Å². The molecule has 1 saturated heterocycles. The van der Waals surface area contributed by atoms with Crippen LogP contribution in [-0.4, -0.2) is 51.5 Å². The van der Waals surface area contributed by atoms with Gasteiger partial charge < -0.3 is 24.8 Å². The first kappa shape index (κ1) is 14.9. The molecule has 0 radical (unpaired) electrons. The highest BCUT2D eigenvalue weighted by Gasteiger charge is 2.44. The van der Waals surface area contributed by atoms with Crippen molar-refractivity contribution in [2.45, 2.75) is 24.6 Å². The third-order valence-electron chi connectivity index (χ3n) is 2.88. The Labute approximate surface area is 118 Å². The number of rotatable bonds is 4. The Balaban J connectivity index is 2.19. The molecular formula is C11H12ClNO7. The molecule has 1 aliphatic rings. The fraction of sp³-hybridized carbons (Fsp3) is 0.455. The number of halogens is 1. The summed E-state index contributed by atoms with van der Waals surface area (Å²) >= 11 is 5.82. The van der Waals surface area contributed by atoms with Crippen LogP contribution >= 0.6 is 11.6 Å². The average molecular weight is 306 g/mol. The normalized spacial score (nSPS) is 29.4. The van der Waals surface area contributed by atoms with Crippen LogP contribution in [0, 0.1) is 10.1 Å². The lowest BCUT2D eigenvalue weighted by molar-refractivity contribution is -0.384. The quantitative estimate of drug-likeness (QED) is 0.531. The summed E-state index contributed by atoms with van der Waals surface area (Å²) in [7, 11) is 0. The summed E-state index contributed by atoms with van der Waals surface area (Å²) in [6.45, 7) is -0.499. The predicted molar refractivity (Wildman–Crippen MR) is 66.5 cm³/mol. The van der Waals surface area contributed by atoms with Crippen molar-refractivity contribution in [3.05, 3.63) is 33.3 Å². The summed E-state index contributed by atoms with van der Waals surface area (Å²) in [5.74, 6) is -0.0595. The van der Waals surface area contributed by atoms with Gasteiger partial charge in [0, 0.05) is 6.07 Å². The second-order valence-corrected chi connectivity index (χ2v) is 4.55. The van der Waals surface area contributed by atoms with Crippen molar-refractivity contribution in [3.63, 3.8) is 0 Å². The van der Waals surface area contributed by atoms with Gasteiger partial charge in [-0.25, -0.2) is 0 Å². The predicted octanol–water partition coefficient (Wildman–Crippen LogP) is 0.0660. The minimum Gasteiger partial charge on any atom is -0.460 e. The Bertz CT molecular complexity index is 512. The largest absolute Gasteiger partial charge is 0.460 e. The Kier molecular flexibility index (Phi) is 4.41. The van der Waals surface area contributed by atoms with Crippen LogP contribution in [0.25, 0.3) is 0 Å². The van der Waals surface area contributed by atoms with Crippen LogP contribution in [0.15, 0.2) is 18.2 Å². The van der Waals surface area contributed by atoms with E-state index >= 15 is 0 Å². The van der Waals surface area contributed by atoms with E-state index in [2.05, 4.69) is 0 Å². The van der Waals surface area contributed by atoms with E-state index in [0.29, 0.717) is 0 Å².